The molecule has 8 heteroatoms. The van der Waals surface area contributed by atoms with Crippen molar-refractivity contribution in [1.29, 1.82) is 0 Å². The number of amides is 1. The van der Waals surface area contributed by atoms with E-state index in [1.165, 1.54) is 0 Å². The molecule has 0 saturated heterocycles. The van der Waals surface area contributed by atoms with Crippen molar-refractivity contribution in [3.63, 3.8) is 0 Å². The van der Waals surface area contributed by atoms with Crippen molar-refractivity contribution in [3.05, 3.63) is 60.2 Å². The molecule has 0 bridgehead atoms. The molecule has 0 heterocycles. The van der Waals surface area contributed by atoms with Gasteiger partial charge in [-0.2, -0.15) is 0 Å². The summed E-state index contributed by atoms with van der Waals surface area (Å²) in [4.78, 5) is 12.5. The van der Waals surface area contributed by atoms with Gasteiger partial charge in [0.2, 0.25) is 15.9 Å². The molecule has 4 N–H and O–H groups in total. The molecule has 1 amide bonds. The Labute approximate surface area is 185 Å². The van der Waals surface area contributed by atoms with Gasteiger partial charge in [0.25, 0.3) is 0 Å². The third-order valence-corrected chi connectivity index (χ3v) is 6.20. The Bertz CT molecular complexity index is 916. The van der Waals surface area contributed by atoms with Gasteiger partial charge in [0.15, 0.2) is 0 Å². The zero-order chi connectivity index (χ0) is 22.9. The smallest absolute Gasteiger partial charge is 0.237 e. The molecule has 0 aliphatic heterocycles. The number of benzene rings is 2. The number of anilines is 1. The second kappa shape index (κ2) is 11.7. The number of nitrogens with one attached hydrogen (secondary N) is 2. The Morgan fingerprint density at radius 3 is 2.29 bits per heavy atom. The molecule has 0 aliphatic carbocycles. The van der Waals surface area contributed by atoms with Crippen molar-refractivity contribution >= 4 is 21.6 Å². The van der Waals surface area contributed by atoms with Gasteiger partial charge in [-0.25, -0.2) is 8.42 Å². The monoisotopic (exact) mass is 447 g/mol. The van der Waals surface area contributed by atoms with Crippen molar-refractivity contribution < 1.29 is 17.9 Å². The Hall–Kier alpha value is -2.58. The molecule has 0 unspecified atom stereocenters. The molecule has 7 nitrogen and oxygen atoms in total. The highest BCUT2D eigenvalue weighted by Crippen LogP contribution is 2.17. The molecule has 31 heavy (non-hydrogen) atoms. The van der Waals surface area contributed by atoms with Crippen LogP contribution in [0.2, 0.25) is 0 Å². The fourth-order valence-corrected chi connectivity index (χ4v) is 4.61. The van der Waals surface area contributed by atoms with E-state index >= 15 is 0 Å². The van der Waals surface area contributed by atoms with Crippen LogP contribution < -0.4 is 20.5 Å². The van der Waals surface area contributed by atoms with Crippen molar-refractivity contribution in [2.75, 3.05) is 17.6 Å². The minimum Gasteiger partial charge on any atom is -0.497 e. The normalized spacial score (nSPS) is 13.5. The molecule has 2 aromatic carbocycles. The van der Waals surface area contributed by atoms with E-state index in [1.54, 1.807) is 31.4 Å². The lowest BCUT2D eigenvalue weighted by Crippen LogP contribution is -2.48. The first kappa shape index (κ1) is 24.7. The van der Waals surface area contributed by atoms with Crippen LogP contribution in [-0.2, 0) is 21.2 Å². The van der Waals surface area contributed by atoms with Gasteiger partial charge >= 0.3 is 0 Å². The van der Waals surface area contributed by atoms with Gasteiger partial charge in [-0.1, -0.05) is 44.2 Å². The molecule has 0 radical (unpaired) electrons. The lowest BCUT2D eigenvalue weighted by molar-refractivity contribution is -0.123. The van der Waals surface area contributed by atoms with Crippen LogP contribution in [0.1, 0.15) is 32.3 Å². The standard InChI is InChI=1S/C23H33N3O4S/c1-17(2)15-22(24)23(27)25-20(10-9-18-7-5-4-6-8-18)16-31(28,29)26-19-11-13-21(30-3)14-12-19/h4-8,11-14,17,20,22,26H,9-10,15-16,24H2,1-3H3,(H,25,27)/t20-,22-/m0/s1. The van der Waals surface area contributed by atoms with Gasteiger partial charge in [0.1, 0.15) is 5.75 Å². The average Bonchev–Trinajstić information content (AvgIpc) is 2.72. The second-order valence-corrected chi connectivity index (χ2v) is 9.84. The second-order valence-electron chi connectivity index (χ2n) is 8.08. The molecule has 0 spiro atoms. The van der Waals surface area contributed by atoms with Crippen LogP contribution in [-0.4, -0.2) is 39.3 Å². The van der Waals surface area contributed by atoms with Crippen molar-refractivity contribution in [3.8, 4) is 5.75 Å². The fraction of sp³-hybridized carbons (Fsp3) is 0.435. The fourth-order valence-electron chi connectivity index (χ4n) is 3.25. The zero-order valence-electron chi connectivity index (χ0n) is 18.4. The summed E-state index contributed by atoms with van der Waals surface area (Å²) in [5.74, 6) is 0.330. The SMILES string of the molecule is COc1ccc(NS(=O)(=O)C[C@H](CCc2ccccc2)NC(=O)[C@@H](N)CC(C)C)cc1. The third kappa shape index (κ3) is 8.98. The summed E-state index contributed by atoms with van der Waals surface area (Å²) in [6, 6.07) is 15.1. The number of sulfonamides is 1. The average molecular weight is 448 g/mol. The summed E-state index contributed by atoms with van der Waals surface area (Å²) in [6.07, 6.45) is 1.66. The van der Waals surface area contributed by atoms with Crippen molar-refractivity contribution in [1.82, 2.24) is 5.32 Å². The molecule has 170 valence electrons. The molecule has 2 rings (SSSR count). The first-order chi connectivity index (χ1) is 14.7. The quantitative estimate of drug-likeness (QED) is 0.463. The highest BCUT2D eigenvalue weighted by Gasteiger charge is 2.24. The van der Waals surface area contributed by atoms with Crippen LogP contribution in [0.3, 0.4) is 0 Å². The van der Waals surface area contributed by atoms with Crippen LogP contribution >= 0.6 is 0 Å². The number of hydrogen-bond donors (Lipinski definition) is 3. The Kier molecular flexibility index (Phi) is 9.33. The van der Waals surface area contributed by atoms with Crippen molar-refractivity contribution in [2.45, 2.75) is 45.2 Å². The van der Waals surface area contributed by atoms with Gasteiger partial charge in [-0.3, -0.25) is 9.52 Å². The molecule has 2 atom stereocenters. The summed E-state index contributed by atoms with van der Waals surface area (Å²) in [7, 11) is -2.15. The summed E-state index contributed by atoms with van der Waals surface area (Å²) >= 11 is 0. The largest absolute Gasteiger partial charge is 0.497 e. The Morgan fingerprint density at radius 2 is 1.71 bits per heavy atom. The number of rotatable bonds is 12. The summed E-state index contributed by atoms with van der Waals surface area (Å²) in [5.41, 5.74) is 7.51. The van der Waals surface area contributed by atoms with E-state index in [0.717, 1.165) is 5.56 Å². The number of nitrogens with two attached hydrogens (primary N) is 1. The van der Waals surface area contributed by atoms with E-state index in [2.05, 4.69) is 10.0 Å². The molecule has 2 aromatic rings. The third-order valence-electron chi connectivity index (χ3n) is 4.82. The molecule has 0 aliphatic rings. The number of aryl methyl sites for hydroxylation is 1. The number of carbonyl (C=O) groups excluding carboxylic acids is 1. The van der Waals surface area contributed by atoms with Crippen LogP contribution in [0.5, 0.6) is 5.75 Å². The maximum absolute atomic E-state index is 12.8. The highest BCUT2D eigenvalue weighted by molar-refractivity contribution is 7.92. The lowest BCUT2D eigenvalue weighted by Gasteiger charge is -2.22. The molecular formula is C23H33N3O4S. The predicted octanol–water partition coefficient (Wildman–Crippen LogP) is 2.93. The van der Waals surface area contributed by atoms with E-state index in [-0.39, 0.29) is 17.6 Å². The van der Waals surface area contributed by atoms with E-state index < -0.39 is 22.1 Å². The van der Waals surface area contributed by atoms with Gasteiger partial charge < -0.3 is 15.8 Å². The number of hydrogen-bond acceptors (Lipinski definition) is 5. The van der Waals surface area contributed by atoms with E-state index in [1.807, 2.05) is 44.2 Å². The Balaban J connectivity index is 2.08. The first-order valence-electron chi connectivity index (χ1n) is 10.4. The number of carbonyl (C=O) groups is 1. The van der Waals surface area contributed by atoms with E-state index in [4.69, 9.17) is 10.5 Å². The summed E-state index contributed by atoms with van der Waals surface area (Å²) < 4.78 is 33.2. The maximum atomic E-state index is 12.8. The number of methoxy groups -OCH3 is 1. The molecule has 0 aromatic heterocycles. The van der Waals surface area contributed by atoms with Gasteiger partial charge in [-0.15, -0.1) is 0 Å². The van der Waals surface area contributed by atoms with E-state index in [9.17, 15) is 13.2 Å². The lowest BCUT2D eigenvalue weighted by atomic mass is 10.0. The van der Waals surface area contributed by atoms with Gasteiger partial charge in [0, 0.05) is 11.7 Å². The zero-order valence-corrected chi connectivity index (χ0v) is 19.2. The maximum Gasteiger partial charge on any atom is 0.237 e. The van der Waals surface area contributed by atoms with Gasteiger partial charge in [-0.05, 0) is 55.0 Å². The minimum absolute atomic E-state index is 0.244. The van der Waals surface area contributed by atoms with E-state index in [0.29, 0.717) is 30.7 Å². The summed E-state index contributed by atoms with van der Waals surface area (Å²) in [5, 5.41) is 2.85. The first-order valence-corrected chi connectivity index (χ1v) is 12.1. The molecule has 0 saturated carbocycles. The van der Waals surface area contributed by atoms with Crippen molar-refractivity contribution in [2.24, 2.45) is 11.7 Å². The minimum atomic E-state index is -3.70. The van der Waals surface area contributed by atoms with Crippen LogP contribution in [0.25, 0.3) is 0 Å². The topological polar surface area (TPSA) is 111 Å². The summed E-state index contributed by atoms with van der Waals surface area (Å²) in [6.45, 7) is 3.98. The highest BCUT2D eigenvalue weighted by atomic mass is 32.2. The Morgan fingerprint density at radius 1 is 1.06 bits per heavy atom. The molecular weight excluding hydrogens is 414 g/mol. The van der Waals surface area contributed by atoms with Gasteiger partial charge in [0.05, 0.1) is 18.9 Å². The van der Waals surface area contributed by atoms with Crippen LogP contribution in [0.15, 0.2) is 54.6 Å². The number of ether oxygens (including phenoxy) is 1. The molecule has 0 fully saturated rings. The van der Waals surface area contributed by atoms with Crippen LogP contribution in [0.4, 0.5) is 5.69 Å². The van der Waals surface area contributed by atoms with Crippen LogP contribution in [0, 0.1) is 5.92 Å². The predicted molar refractivity (Wildman–Crippen MR) is 125 cm³/mol.